The normalized spacial score (nSPS) is 10.5. The monoisotopic (exact) mass is 367 g/mol. The number of anilines is 1. The van der Waals surface area contributed by atoms with Gasteiger partial charge in [-0.05, 0) is 43.4 Å². The molecule has 0 bridgehead atoms. The lowest BCUT2D eigenvalue weighted by molar-refractivity contribution is 0.630. The number of hydrogen-bond donors (Lipinski definition) is 2. The summed E-state index contributed by atoms with van der Waals surface area (Å²) in [7, 11) is 1.85. The van der Waals surface area contributed by atoms with Crippen LogP contribution in [-0.4, -0.2) is 26.0 Å². The maximum absolute atomic E-state index is 12.8. The Hall–Kier alpha value is -2.93. The quantitative estimate of drug-likeness (QED) is 0.678. The lowest BCUT2D eigenvalue weighted by Gasteiger charge is -2.09. The van der Waals surface area contributed by atoms with E-state index < -0.39 is 0 Å². The summed E-state index contributed by atoms with van der Waals surface area (Å²) in [5.74, 6) is 0. The van der Waals surface area contributed by atoms with Crippen LogP contribution in [0, 0.1) is 6.92 Å². The number of nitrogens with zero attached hydrogens (tertiary/aromatic N) is 3. The highest BCUT2D eigenvalue weighted by Gasteiger charge is 2.16. The number of aromatic nitrogens is 3. The van der Waals surface area contributed by atoms with Gasteiger partial charge in [0.15, 0.2) is 5.11 Å². The van der Waals surface area contributed by atoms with Gasteiger partial charge in [0.2, 0.25) is 0 Å². The highest BCUT2D eigenvalue weighted by Crippen LogP contribution is 2.13. The molecule has 2 N–H and O–H groups in total. The van der Waals surface area contributed by atoms with Gasteiger partial charge in [0.1, 0.15) is 5.69 Å². The summed E-state index contributed by atoms with van der Waals surface area (Å²) in [4.78, 5) is 17.1. The number of benzene rings is 1. The lowest BCUT2D eigenvalue weighted by Crippen LogP contribution is -2.32. The number of hydrogen-bond acceptors (Lipinski definition) is 3. The molecule has 0 aliphatic heterocycles. The van der Waals surface area contributed by atoms with Crippen LogP contribution in [0.25, 0.3) is 5.69 Å². The summed E-state index contributed by atoms with van der Waals surface area (Å²) in [6.45, 7) is 2.53. The molecule has 0 aliphatic rings. The molecule has 134 valence electrons. The van der Waals surface area contributed by atoms with Gasteiger partial charge >= 0.3 is 0 Å². The van der Waals surface area contributed by atoms with Crippen molar-refractivity contribution in [3.63, 3.8) is 0 Å². The molecule has 0 saturated heterocycles. The average Bonchev–Trinajstić information content (AvgIpc) is 2.87. The molecule has 0 amide bonds. The van der Waals surface area contributed by atoms with E-state index in [-0.39, 0.29) is 5.56 Å². The van der Waals surface area contributed by atoms with Gasteiger partial charge < -0.3 is 10.6 Å². The largest absolute Gasteiger partial charge is 0.362 e. The Kier molecular flexibility index (Phi) is 5.48. The zero-order valence-electron chi connectivity index (χ0n) is 14.8. The van der Waals surface area contributed by atoms with Gasteiger partial charge in [-0.25, -0.2) is 4.68 Å². The van der Waals surface area contributed by atoms with Crippen LogP contribution in [0.15, 0.2) is 59.5 Å². The second kappa shape index (κ2) is 7.97. The number of pyridine rings is 1. The van der Waals surface area contributed by atoms with Crippen molar-refractivity contribution < 1.29 is 0 Å². The van der Waals surface area contributed by atoms with Crippen molar-refractivity contribution in [3.05, 3.63) is 76.5 Å². The van der Waals surface area contributed by atoms with Crippen molar-refractivity contribution in [2.45, 2.75) is 13.3 Å². The van der Waals surface area contributed by atoms with Crippen LogP contribution in [-0.2, 0) is 13.5 Å². The maximum Gasteiger partial charge on any atom is 0.295 e. The Morgan fingerprint density at radius 1 is 1.15 bits per heavy atom. The Morgan fingerprint density at radius 3 is 2.58 bits per heavy atom. The summed E-state index contributed by atoms with van der Waals surface area (Å²) in [5.41, 5.74) is 2.96. The van der Waals surface area contributed by atoms with E-state index in [1.165, 1.54) is 0 Å². The predicted molar refractivity (Wildman–Crippen MR) is 108 cm³/mol. The van der Waals surface area contributed by atoms with Crippen molar-refractivity contribution in [1.29, 1.82) is 0 Å². The molecule has 6 nitrogen and oxygen atoms in total. The summed E-state index contributed by atoms with van der Waals surface area (Å²) in [6.07, 6.45) is 2.52. The molecule has 0 unspecified atom stereocenters. The lowest BCUT2D eigenvalue weighted by atomic mass is 10.3. The Bertz CT molecular complexity index is 947. The minimum absolute atomic E-state index is 0.134. The fourth-order valence-electron chi connectivity index (χ4n) is 2.72. The van der Waals surface area contributed by atoms with Crippen molar-refractivity contribution in [2.75, 3.05) is 11.9 Å². The van der Waals surface area contributed by atoms with Crippen LogP contribution in [0.1, 0.15) is 11.4 Å². The standard InChI is InChI=1S/C19H21N5OS/c1-14-17(18(25)24(23(14)2)16-9-4-3-5-10-16)22-19(26)21-13-11-15-8-6-7-12-20-15/h3-10,12H,11,13H2,1-2H3,(H2,21,22,26). The molecule has 1 aromatic carbocycles. The van der Waals surface area contributed by atoms with Gasteiger partial charge in [0, 0.05) is 31.9 Å². The number of rotatable bonds is 5. The molecular formula is C19H21N5OS. The van der Waals surface area contributed by atoms with Gasteiger partial charge in [-0.15, -0.1) is 0 Å². The molecule has 26 heavy (non-hydrogen) atoms. The summed E-state index contributed by atoms with van der Waals surface area (Å²) < 4.78 is 3.44. The third-order valence-electron chi connectivity index (χ3n) is 4.19. The molecule has 0 fully saturated rings. The van der Waals surface area contributed by atoms with Crippen LogP contribution in [0.2, 0.25) is 0 Å². The van der Waals surface area contributed by atoms with Crippen molar-refractivity contribution in [3.8, 4) is 5.69 Å². The second-order valence-corrected chi connectivity index (χ2v) is 6.30. The summed E-state index contributed by atoms with van der Waals surface area (Å²) in [5, 5.41) is 6.59. The van der Waals surface area contributed by atoms with Crippen molar-refractivity contribution in [1.82, 2.24) is 19.7 Å². The molecule has 3 aromatic rings. The van der Waals surface area contributed by atoms with E-state index in [1.54, 1.807) is 10.9 Å². The summed E-state index contributed by atoms with van der Waals surface area (Å²) >= 11 is 5.34. The fraction of sp³-hybridized carbons (Fsp3) is 0.211. The van der Waals surface area contributed by atoms with Crippen LogP contribution < -0.4 is 16.2 Å². The Morgan fingerprint density at radius 2 is 1.88 bits per heavy atom. The topological polar surface area (TPSA) is 63.9 Å². The zero-order valence-corrected chi connectivity index (χ0v) is 15.6. The zero-order chi connectivity index (χ0) is 18.5. The molecule has 2 aromatic heterocycles. The SMILES string of the molecule is Cc1c(NC(=S)NCCc2ccccn2)c(=O)n(-c2ccccc2)n1C. The van der Waals surface area contributed by atoms with Gasteiger partial charge in [-0.2, -0.15) is 0 Å². The molecule has 0 aliphatic carbocycles. The molecule has 0 saturated carbocycles. The van der Waals surface area contributed by atoms with Crippen LogP contribution in [0.5, 0.6) is 0 Å². The highest BCUT2D eigenvalue weighted by atomic mass is 32.1. The van der Waals surface area contributed by atoms with E-state index in [9.17, 15) is 4.79 Å². The maximum atomic E-state index is 12.8. The third-order valence-corrected chi connectivity index (χ3v) is 4.43. The van der Waals surface area contributed by atoms with E-state index in [0.717, 1.165) is 23.5 Å². The highest BCUT2D eigenvalue weighted by molar-refractivity contribution is 7.80. The first-order valence-corrected chi connectivity index (χ1v) is 8.77. The molecule has 0 atom stereocenters. The number of thiocarbonyl (C=S) groups is 1. The van der Waals surface area contributed by atoms with Crippen molar-refractivity contribution >= 4 is 23.0 Å². The van der Waals surface area contributed by atoms with E-state index >= 15 is 0 Å². The smallest absolute Gasteiger partial charge is 0.295 e. The van der Waals surface area contributed by atoms with Crippen LogP contribution >= 0.6 is 12.2 Å². The second-order valence-electron chi connectivity index (χ2n) is 5.89. The third kappa shape index (κ3) is 3.83. The van der Waals surface area contributed by atoms with Gasteiger partial charge in [-0.3, -0.25) is 14.5 Å². The molecular weight excluding hydrogens is 346 g/mol. The van der Waals surface area contributed by atoms with Crippen LogP contribution in [0.4, 0.5) is 5.69 Å². The van der Waals surface area contributed by atoms with E-state index in [4.69, 9.17) is 12.2 Å². The molecule has 0 spiro atoms. The van der Waals surface area contributed by atoms with E-state index in [0.29, 0.717) is 17.3 Å². The van der Waals surface area contributed by atoms with Gasteiger partial charge in [0.05, 0.1) is 11.4 Å². The number of nitrogens with one attached hydrogen (secondary N) is 2. The Balaban J connectivity index is 1.70. The van der Waals surface area contributed by atoms with E-state index in [2.05, 4.69) is 15.6 Å². The first-order valence-electron chi connectivity index (χ1n) is 8.36. The number of para-hydroxylation sites is 1. The van der Waals surface area contributed by atoms with Crippen molar-refractivity contribution in [2.24, 2.45) is 7.05 Å². The minimum Gasteiger partial charge on any atom is -0.362 e. The average molecular weight is 367 g/mol. The Labute approximate surface area is 157 Å². The molecule has 3 rings (SSSR count). The minimum atomic E-state index is -0.134. The van der Waals surface area contributed by atoms with E-state index in [1.807, 2.05) is 67.2 Å². The van der Waals surface area contributed by atoms with Gasteiger partial charge in [-0.1, -0.05) is 24.3 Å². The molecule has 7 heteroatoms. The first kappa shape index (κ1) is 17.9. The van der Waals surface area contributed by atoms with Gasteiger partial charge in [0.25, 0.3) is 5.56 Å². The molecule has 2 heterocycles. The fourth-order valence-corrected chi connectivity index (χ4v) is 2.92. The molecule has 0 radical (unpaired) electrons. The first-order chi connectivity index (χ1) is 12.6. The van der Waals surface area contributed by atoms with Crippen LogP contribution in [0.3, 0.4) is 0 Å². The predicted octanol–water partition coefficient (Wildman–Crippen LogP) is 2.41. The summed E-state index contributed by atoms with van der Waals surface area (Å²) in [6, 6.07) is 15.3.